The standard InChI is InChI=1S/C24H20N2O5/c27-14-17(13-16-9-11-18(12-10-16)26(29)30)25-24(28)31-15-23-21-7-3-1-5-19(21)20-6-2-4-8-22(20)23/h1-12,14,17,23H,13,15H2,(H,25,28). The first-order valence-electron chi connectivity index (χ1n) is 9.87. The summed E-state index contributed by atoms with van der Waals surface area (Å²) in [5, 5.41) is 13.3. The lowest BCUT2D eigenvalue weighted by Crippen LogP contribution is -2.38. The monoisotopic (exact) mass is 416 g/mol. The molecule has 3 aromatic carbocycles. The van der Waals surface area contributed by atoms with Gasteiger partial charge in [-0.15, -0.1) is 0 Å². The number of nitro groups is 1. The van der Waals surface area contributed by atoms with Gasteiger partial charge in [0, 0.05) is 18.1 Å². The Bertz CT molecular complexity index is 1080. The molecule has 0 saturated carbocycles. The lowest BCUT2D eigenvalue weighted by atomic mass is 9.98. The molecule has 31 heavy (non-hydrogen) atoms. The maximum absolute atomic E-state index is 12.3. The van der Waals surface area contributed by atoms with Gasteiger partial charge in [0.25, 0.3) is 5.69 Å². The number of rotatable bonds is 7. The number of amides is 1. The molecule has 1 aliphatic rings. The topological polar surface area (TPSA) is 98.5 Å². The molecule has 0 heterocycles. The molecule has 1 N–H and O–H groups in total. The van der Waals surface area contributed by atoms with Crippen LogP contribution in [-0.4, -0.2) is 30.0 Å². The van der Waals surface area contributed by atoms with Crippen LogP contribution in [0.5, 0.6) is 0 Å². The van der Waals surface area contributed by atoms with Crippen LogP contribution in [0, 0.1) is 10.1 Å². The zero-order valence-electron chi connectivity index (χ0n) is 16.6. The Morgan fingerprint density at radius 3 is 2.13 bits per heavy atom. The number of alkyl carbamates (subject to hydrolysis) is 1. The van der Waals surface area contributed by atoms with Gasteiger partial charge in [-0.2, -0.15) is 0 Å². The highest BCUT2D eigenvalue weighted by atomic mass is 16.6. The molecule has 0 bridgehead atoms. The van der Waals surface area contributed by atoms with Crippen LogP contribution in [-0.2, 0) is 16.0 Å². The van der Waals surface area contributed by atoms with E-state index in [4.69, 9.17) is 4.74 Å². The average molecular weight is 416 g/mol. The molecule has 0 radical (unpaired) electrons. The first-order chi connectivity index (χ1) is 15.1. The predicted molar refractivity (Wildman–Crippen MR) is 115 cm³/mol. The highest BCUT2D eigenvalue weighted by Crippen LogP contribution is 2.44. The molecule has 0 aromatic heterocycles. The van der Waals surface area contributed by atoms with Gasteiger partial charge in [-0.05, 0) is 34.2 Å². The summed E-state index contributed by atoms with van der Waals surface area (Å²) in [6.45, 7) is 0.156. The van der Waals surface area contributed by atoms with Crippen molar-refractivity contribution in [1.82, 2.24) is 5.32 Å². The van der Waals surface area contributed by atoms with Crippen molar-refractivity contribution in [1.29, 1.82) is 0 Å². The largest absolute Gasteiger partial charge is 0.449 e. The van der Waals surface area contributed by atoms with Crippen molar-refractivity contribution in [3.8, 4) is 11.1 Å². The van der Waals surface area contributed by atoms with E-state index >= 15 is 0 Å². The van der Waals surface area contributed by atoms with Crippen molar-refractivity contribution in [2.24, 2.45) is 0 Å². The van der Waals surface area contributed by atoms with E-state index in [0.29, 0.717) is 11.8 Å². The lowest BCUT2D eigenvalue weighted by molar-refractivity contribution is -0.384. The molecule has 1 atom stereocenters. The summed E-state index contributed by atoms with van der Waals surface area (Å²) in [6.07, 6.45) is 0.162. The minimum Gasteiger partial charge on any atom is -0.449 e. The average Bonchev–Trinajstić information content (AvgIpc) is 3.11. The summed E-state index contributed by atoms with van der Waals surface area (Å²) in [5.41, 5.74) is 5.15. The molecule has 0 fully saturated rings. The molecule has 0 spiro atoms. The van der Waals surface area contributed by atoms with E-state index in [1.165, 1.54) is 12.1 Å². The van der Waals surface area contributed by atoms with Crippen LogP contribution >= 0.6 is 0 Å². The van der Waals surface area contributed by atoms with Gasteiger partial charge in [0.1, 0.15) is 12.9 Å². The van der Waals surface area contributed by atoms with E-state index in [0.717, 1.165) is 22.3 Å². The quantitative estimate of drug-likeness (QED) is 0.353. The van der Waals surface area contributed by atoms with E-state index in [2.05, 4.69) is 17.4 Å². The van der Waals surface area contributed by atoms with Crippen LogP contribution in [0.1, 0.15) is 22.6 Å². The molecular weight excluding hydrogens is 396 g/mol. The number of benzene rings is 3. The molecule has 7 nitrogen and oxygen atoms in total. The number of hydrogen-bond donors (Lipinski definition) is 1. The van der Waals surface area contributed by atoms with Crippen LogP contribution in [0.3, 0.4) is 0 Å². The predicted octanol–water partition coefficient (Wildman–Crippen LogP) is 4.24. The van der Waals surface area contributed by atoms with E-state index in [-0.39, 0.29) is 24.6 Å². The number of nitro benzene ring substituents is 1. The summed E-state index contributed by atoms with van der Waals surface area (Å²) in [5.74, 6) is -0.0671. The second-order valence-electron chi connectivity index (χ2n) is 7.34. The second-order valence-corrected chi connectivity index (χ2v) is 7.34. The molecule has 1 amide bonds. The van der Waals surface area contributed by atoms with Gasteiger partial charge >= 0.3 is 6.09 Å². The molecule has 156 valence electrons. The zero-order chi connectivity index (χ0) is 21.8. The van der Waals surface area contributed by atoms with Crippen molar-refractivity contribution >= 4 is 18.1 Å². The van der Waals surface area contributed by atoms with Gasteiger partial charge in [-0.1, -0.05) is 60.7 Å². The van der Waals surface area contributed by atoms with Gasteiger partial charge in [0.15, 0.2) is 0 Å². The number of nitrogens with zero attached hydrogens (tertiary/aromatic N) is 1. The lowest BCUT2D eigenvalue weighted by Gasteiger charge is -2.17. The number of nitrogens with one attached hydrogen (secondary N) is 1. The number of ether oxygens (including phenoxy) is 1. The summed E-state index contributed by atoms with van der Waals surface area (Å²) in [6, 6.07) is 21.1. The number of aldehydes is 1. The highest BCUT2D eigenvalue weighted by Gasteiger charge is 2.29. The third-order valence-electron chi connectivity index (χ3n) is 5.41. The molecule has 4 rings (SSSR count). The molecular formula is C24H20N2O5. The number of hydrogen-bond acceptors (Lipinski definition) is 5. The number of fused-ring (bicyclic) bond motifs is 3. The molecule has 1 unspecified atom stereocenters. The normalized spacial score (nSPS) is 13.0. The number of carbonyl (C=O) groups excluding carboxylic acids is 2. The van der Waals surface area contributed by atoms with Crippen LogP contribution in [0.15, 0.2) is 72.8 Å². The maximum atomic E-state index is 12.3. The molecule has 1 aliphatic carbocycles. The van der Waals surface area contributed by atoms with Gasteiger partial charge in [-0.3, -0.25) is 10.1 Å². The summed E-state index contributed by atoms with van der Waals surface area (Å²) in [7, 11) is 0. The Labute approximate surface area is 178 Å². The molecule has 7 heteroatoms. The maximum Gasteiger partial charge on any atom is 0.407 e. The first-order valence-corrected chi connectivity index (χ1v) is 9.87. The fourth-order valence-electron chi connectivity index (χ4n) is 3.93. The van der Waals surface area contributed by atoms with Gasteiger partial charge in [-0.25, -0.2) is 4.79 Å². The summed E-state index contributed by atoms with van der Waals surface area (Å²) < 4.78 is 5.46. The van der Waals surface area contributed by atoms with Crippen molar-refractivity contribution in [2.45, 2.75) is 18.4 Å². The summed E-state index contributed by atoms with van der Waals surface area (Å²) >= 11 is 0. The molecule has 0 saturated heterocycles. The third kappa shape index (κ3) is 4.30. The highest BCUT2D eigenvalue weighted by molar-refractivity contribution is 5.79. The first kappa shape index (κ1) is 20.3. The Hall–Kier alpha value is -4.00. The fourth-order valence-corrected chi connectivity index (χ4v) is 3.93. The zero-order valence-corrected chi connectivity index (χ0v) is 16.6. The Morgan fingerprint density at radius 1 is 1.00 bits per heavy atom. The van der Waals surface area contributed by atoms with Gasteiger partial charge < -0.3 is 14.8 Å². The smallest absolute Gasteiger partial charge is 0.407 e. The molecule has 3 aromatic rings. The van der Waals surface area contributed by atoms with E-state index in [1.807, 2.05) is 36.4 Å². The van der Waals surface area contributed by atoms with Crippen molar-refractivity contribution in [3.63, 3.8) is 0 Å². The Kier molecular flexibility index (Phi) is 5.75. The van der Waals surface area contributed by atoms with Crippen LogP contribution in [0.4, 0.5) is 10.5 Å². The summed E-state index contributed by atoms with van der Waals surface area (Å²) in [4.78, 5) is 34.0. The Morgan fingerprint density at radius 2 is 1.58 bits per heavy atom. The van der Waals surface area contributed by atoms with E-state index < -0.39 is 17.1 Å². The number of non-ortho nitro benzene ring substituents is 1. The third-order valence-corrected chi connectivity index (χ3v) is 5.41. The van der Waals surface area contributed by atoms with Crippen LogP contribution in [0.25, 0.3) is 11.1 Å². The van der Waals surface area contributed by atoms with E-state index in [9.17, 15) is 19.7 Å². The molecule has 0 aliphatic heterocycles. The van der Waals surface area contributed by atoms with Crippen LogP contribution in [0.2, 0.25) is 0 Å². The van der Waals surface area contributed by atoms with Crippen molar-refractivity contribution in [3.05, 3.63) is 99.6 Å². The minimum absolute atomic E-state index is 0.0316. The van der Waals surface area contributed by atoms with Crippen molar-refractivity contribution in [2.75, 3.05) is 6.61 Å². The number of carbonyl (C=O) groups is 2. The SMILES string of the molecule is O=CC(Cc1ccc([N+](=O)[O-])cc1)NC(=O)OCC1c2ccccc2-c2ccccc21. The van der Waals surface area contributed by atoms with Crippen molar-refractivity contribution < 1.29 is 19.2 Å². The van der Waals surface area contributed by atoms with E-state index in [1.54, 1.807) is 12.1 Å². The Balaban J connectivity index is 1.38. The van der Waals surface area contributed by atoms with Gasteiger partial charge in [0.05, 0.1) is 11.0 Å². The second kappa shape index (κ2) is 8.79. The van der Waals surface area contributed by atoms with Crippen LogP contribution < -0.4 is 5.32 Å². The minimum atomic E-state index is -0.794. The fraction of sp³-hybridized carbons (Fsp3) is 0.167. The van der Waals surface area contributed by atoms with Gasteiger partial charge in [0.2, 0.25) is 0 Å².